The van der Waals surface area contributed by atoms with Crippen LogP contribution < -0.4 is 5.43 Å². The van der Waals surface area contributed by atoms with Crippen LogP contribution >= 0.6 is 0 Å². The Morgan fingerprint density at radius 3 is 2.64 bits per heavy atom. The maximum absolute atomic E-state index is 11.9. The van der Waals surface area contributed by atoms with Gasteiger partial charge in [-0.05, 0) is 70.9 Å². The SMILES string of the molecule is CCO[C@H]1O[C@@H]2O[C@]3(C)CC[C@H]4[C@H](C)CC[C@@H]([C@H]1C)[C@@]24OO3.CCn1cc(C(=O)O)c(=O)c2ccc(C)nc21. The highest BCUT2D eigenvalue weighted by atomic mass is 17.3. The average Bonchev–Trinajstić information content (AvgIpc) is 3.13. The fraction of sp³-hybridized carbons (Fsp3) is 0.690. The summed E-state index contributed by atoms with van der Waals surface area (Å²) in [5, 5.41) is 9.31. The summed E-state index contributed by atoms with van der Waals surface area (Å²) in [4.78, 5) is 39.0. The van der Waals surface area contributed by atoms with Crippen LogP contribution in [0, 0.1) is 30.6 Å². The van der Waals surface area contributed by atoms with Gasteiger partial charge in [0.15, 0.2) is 18.2 Å². The van der Waals surface area contributed by atoms with E-state index in [1.165, 1.54) is 12.6 Å². The molecule has 2 aromatic rings. The topological polar surface area (TPSA) is 118 Å². The molecule has 10 nitrogen and oxygen atoms in total. The molecule has 10 heteroatoms. The number of hydrogen-bond acceptors (Lipinski definition) is 8. The largest absolute Gasteiger partial charge is 0.477 e. The van der Waals surface area contributed by atoms with Crippen molar-refractivity contribution in [2.45, 2.75) is 97.7 Å². The van der Waals surface area contributed by atoms with Crippen molar-refractivity contribution in [1.29, 1.82) is 0 Å². The van der Waals surface area contributed by atoms with E-state index in [0.717, 1.165) is 25.0 Å². The van der Waals surface area contributed by atoms with Gasteiger partial charge in [-0.15, -0.1) is 0 Å². The van der Waals surface area contributed by atoms with Crippen LogP contribution in [0.1, 0.15) is 76.4 Å². The number of aromatic carboxylic acids is 1. The van der Waals surface area contributed by atoms with E-state index in [9.17, 15) is 9.59 Å². The first kappa shape index (κ1) is 28.2. The number of nitrogens with zero attached hydrogens (tertiary/aromatic N) is 2. The van der Waals surface area contributed by atoms with E-state index in [2.05, 4.69) is 18.8 Å². The third kappa shape index (κ3) is 4.70. The Balaban J connectivity index is 0.000000164. The lowest BCUT2D eigenvalue weighted by Crippen LogP contribution is -2.70. The van der Waals surface area contributed by atoms with E-state index in [0.29, 0.717) is 41.9 Å². The average molecular weight is 545 g/mol. The summed E-state index contributed by atoms with van der Waals surface area (Å²) in [6.45, 7) is 13.4. The van der Waals surface area contributed by atoms with E-state index in [1.807, 2.05) is 27.7 Å². The van der Waals surface area contributed by atoms with Gasteiger partial charge in [-0.1, -0.05) is 13.8 Å². The lowest BCUT2D eigenvalue weighted by molar-refractivity contribution is -0.577. The van der Waals surface area contributed by atoms with Gasteiger partial charge in [-0.25, -0.2) is 19.6 Å². The van der Waals surface area contributed by atoms with Gasteiger partial charge in [-0.3, -0.25) is 4.79 Å². The molecular weight excluding hydrogens is 504 g/mol. The van der Waals surface area contributed by atoms with Gasteiger partial charge in [0.2, 0.25) is 11.2 Å². The molecule has 5 fully saturated rings. The molecule has 6 heterocycles. The molecule has 1 saturated carbocycles. The Morgan fingerprint density at radius 1 is 1.18 bits per heavy atom. The molecule has 4 saturated heterocycles. The second-order valence-electron chi connectivity index (χ2n) is 11.5. The summed E-state index contributed by atoms with van der Waals surface area (Å²) >= 11 is 0. The molecular formula is C29H40N2O8. The number of carbonyl (C=O) groups is 1. The van der Waals surface area contributed by atoms with Crippen molar-refractivity contribution >= 4 is 17.0 Å². The quantitative estimate of drug-likeness (QED) is 0.549. The van der Waals surface area contributed by atoms with Gasteiger partial charge in [0.1, 0.15) is 11.2 Å². The maximum Gasteiger partial charge on any atom is 0.341 e. The van der Waals surface area contributed by atoms with Gasteiger partial charge in [0, 0.05) is 43.3 Å². The van der Waals surface area contributed by atoms with Crippen LogP contribution in [0.3, 0.4) is 0 Å². The fourth-order valence-corrected chi connectivity index (χ4v) is 6.98. The van der Waals surface area contributed by atoms with Crippen LogP contribution in [0.5, 0.6) is 0 Å². The number of aromatic nitrogens is 2. The lowest BCUT2D eigenvalue weighted by atomic mass is 9.58. The zero-order chi connectivity index (χ0) is 28.1. The zero-order valence-corrected chi connectivity index (χ0v) is 23.6. The standard InChI is InChI=1S/C17H28O5.C12H12N2O3/c1-5-18-14-11(3)13-7-6-10(2)12-8-9-16(4)20-15(19-14)17(12,13)22-21-16;1-3-14-6-9(12(16)17)10(15)8-5-4-7(2)13-11(8)14/h10-15H,5-9H2,1-4H3;4-6H,3H2,1-2H3,(H,16,17)/t10-,11-,12+,13+,14+,15-,16+,17-;/m1./s1. The van der Waals surface area contributed by atoms with Crippen LogP contribution in [0.2, 0.25) is 0 Å². The van der Waals surface area contributed by atoms with E-state index >= 15 is 0 Å². The first-order valence-corrected chi connectivity index (χ1v) is 14.1. The minimum absolute atomic E-state index is 0.216. The predicted octanol–water partition coefficient (Wildman–Crippen LogP) is 4.65. The lowest BCUT2D eigenvalue weighted by Gasteiger charge is -2.60. The summed E-state index contributed by atoms with van der Waals surface area (Å²) in [7, 11) is 0. The molecule has 7 rings (SSSR count). The Hall–Kier alpha value is -2.37. The highest BCUT2D eigenvalue weighted by Crippen LogP contribution is 2.60. The number of fused-ring (bicyclic) bond motifs is 3. The van der Waals surface area contributed by atoms with E-state index in [4.69, 9.17) is 29.1 Å². The smallest absolute Gasteiger partial charge is 0.341 e. The van der Waals surface area contributed by atoms with Gasteiger partial charge < -0.3 is 23.9 Å². The third-order valence-corrected chi connectivity index (χ3v) is 9.06. The van der Waals surface area contributed by atoms with Crippen LogP contribution in [-0.4, -0.2) is 51.2 Å². The molecule has 2 aromatic heterocycles. The molecule has 2 bridgehead atoms. The number of carboxylic acid groups (broad SMARTS) is 1. The Morgan fingerprint density at radius 2 is 1.95 bits per heavy atom. The van der Waals surface area contributed by atoms with E-state index < -0.39 is 22.8 Å². The molecule has 214 valence electrons. The molecule has 1 N–H and O–H groups in total. The van der Waals surface area contributed by atoms with Crippen LogP contribution in [-0.2, 0) is 30.5 Å². The van der Waals surface area contributed by atoms with Crippen LogP contribution in [0.4, 0.5) is 0 Å². The minimum atomic E-state index is -1.21. The summed E-state index contributed by atoms with van der Waals surface area (Å²) in [6.07, 6.45) is 5.01. The van der Waals surface area contributed by atoms with Crippen molar-refractivity contribution in [3.05, 3.63) is 39.8 Å². The second kappa shape index (κ2) is 10.6. The third-order valence-electron chi connectivity index (χ3n) is 9.06. The number of carboxylic acids is 1. The first-order chi connectivity index (χ1) is 18.5. The second-order valence-corrected chi connectivity index (χ2v) is 11.5. The van der Waals surface area contributed by atoms with Crippen LogP contribution in [0.15, 0.2) is 23.1 Å². The summed E-state index contributed by atoms with van der Waals surface area (Å²) in [5.74, 6) is -0.252. The highest BCUT2D eigenvalue weighted by Gasteiger charge is 2.69. The maximum atomic E-state index is 11.9. The van der Waals surface area contributed by atoms with Crippen molar-refractivity contribution in [1.82, 2.24) is 9.55 Å². The molecule has 0 amide bonds. The normalized spacial score (nSPS) is 37.0. The molecule has 4 aliphatic heterocycles. The van der Waals surface area contributed by atoms with Gasteiger partial charge >= 0.3 is 5.97 Å². The Kier molecular flexibility index (Phi) is 7.62. The van der Waals surface area contributed by atoms with Gasteiger partial charge in [0.25, 0.3) is 0 Å². The molecule has 0 unspecified atom stereocenters. The molecule has 0 aromatic carbocycles. The Bertz CT molecular complexity index is 1300. The summed E-state index contributed by atoms with van der Waals surface area (Å²) in [6, 6.07) is 3.33. The monoisotopic (exact) mass is 544 g/mol. The van der Waals surface area contributed by atoms with Gasteiger partial charge in [0.05, 0.1) is 5.39 Å². The zero-order valence-electron chi connectivity index (χ0n) is 23.6. The number of hydrogen-bond donors (Lipinski definition) is 1. The summed E-state index contributed by atoms with van der Waals surface area (Å²) < 4.78 is 20.0. The molecule has 5 aliphatic rings. The van der Waals surface area contributed by atoms with Crippen molar-refractivity contribution in [3.63, 3.8) is 0 Å². The number of rotatable bonds is 4. The molecule has 8 atom stereocenters. The molecule has 39 heavy (non-hydrogen) atoms. The van der Waals surface area contributed by atoms with Crippen molar-refractivity contribution < 1.29 is 33.9 Å². The molecule has 0 radical (unpaired) electrons. The van der Waals surface area contributed by atoms with Gasteiger partial charge in [-0.2, -0.15) is 0 Å². The summed E-state index contributed by atoms with van der Waals surface area (Å²) in [5.41, 5.74) is 0.153. The predicted molar refractivity (Wildman–Crippen MR) is 142 cm³/mol. The molecule has 1 spiro atoms. The minimum Gasteiger partial charge on any atom is -0.477 e. The molecule has 1 aliphatic carbocycles. The van der Waals surface area contributed by atoms with Crippen LogP contribution in [0.25, 0.3) is 11.0 Å². The van der Waals surface area contributed by atoms with E-state index in [1.54, 1.807) is 16.7 Å². The Labute approximate surface area is 228 Å². The van der Waals surface area contributed by atoms with Crippen molar-refractivity contribution in [2.24, 2.45) is 23.7 Å². The van der Waals surface area contributed by atoms with E-state index in [-0.39, 0.29) is 24.1 Å². The number of ether oxygens (including phenoxy) is 3. The fourth-order valence-electron chi connectivity index (χ4n) is 6.98. The van der Waals surface area contributed by atoms with Crippen molar-refractivity contribution in [3.8, 4) is 0 Å². The highest BCUT2D eigenvalue weighted by molar-refractivity contribution is 5.91. The number of aryl methyl sites for hydroxylation is 2. The first-order valence-electron chi connectivity index (χ1n) is 14.1. The number of pyridine rings is 2. The van der Waals surface area contributed by atoms with Crippen molar-refractivity contribution in [2.75, 3.05) is 6.61 Å².